The van der Waals surface area contributed by atoms with Crippen LogP contribution in [-0.2, 0) is 6.54 Å². The molecular weight excluding hydrogens is 210 g/mol. The Kier molecular flexibility index (Phi) is 2.83. The molecule has 1 aromatic heterocycles. The van der Waals surface area contributed by atoms with Crippen LogP contribution in [-0.4, -0.2) is 16.7 Å². The largest absolute Gasteiger partial charge is 0.381 e. The first-order valence-electron chi connectivity index (χ1n) is 6.60. The number of hydrogen-bond acceptors (Lipinski definition) is 3. The monoisotopic (exact) mass is 229 g/mol. The number of nitrogens with zero attached hydrogens (tertiary/aromatic N) is 2. The van der Waals surface area contributed by atoms with Crippen molar-refractivity contribution in [1.82, 2.24) is 4.98 Å². The number of aromatic nitrogens is 1. The zero-order chi connectivity index (χ0) is 11.7. The van der Waals surface area contributed by atoms with Gasteiger partial charge in [-0.3, -0.25) is 9.98 Å². The van der Waals surface area contributed by atoms with Crippen LogP contribution in [0.3, 0.4) is 0 Å². The minimum atomic E-state index is 0.641. The number of fused-ring (bicyclic) bond motifs is 1. The van der Waals surface area contributed by atoms with Crippen LogP contribution in [0, 0.1) is 0 Å². The maximum atomic E-state index is 4.50. The van der Waals surface area contributed by atoms with E-state index in [-0.39, 0.29) is 0 Å². The minimum absolute atomic E-state index is 0.641. The molecule has 1 fully saturated rings. The van der Waals surface area contributed by atoms with Crippen LogP contribution in [0.15, 0.2) is 17.3 Å². The number of aliphatic imine (C=N–C) groups is 1. The maximum Gasteiger partial charge on any atom is 0.0821 e. The Morgan fingerprint density at radius 2 is 2.06 bits per heavy atom. The molecule has 1 N–H and O–H groups in total. The Labute approximate surface area is 102 Å². The first-order chi connectivity index (χ1) is 8.33. The van der Waals surface area contributed by atoms with Crippen molar-refractivity contribution in [2.24, 2.45) is 4.99 Å². The molecule has 0 amide bonds. The highest BCUT2D eigenvalue weighted by atomic mass is 14.9. The van der Waals surface area contributed by atoms with E-state index in [2.05, 4.69) is 28.3 Å². The lowest BCUT2D eigenvalue weighted by Gasteiger charge is -2.23. The van der Waals surface area contributed by atoms with Gasteiger partial charge in [0.25, 0.3) is 0 Å². The predicted molar refractivity (Wildman–Crippen MR) is 70.6 cm³/mol. The Hall–Kier alpha value is -1.38. The van der Waals surface area contributed by atoms with Crippen molar-refractivity contribution in [3.8, 4) is 0 Å². The first-order valence-corrected chi connectivity index (χ1v) is 6.60. The van der Waals surface area contributed by atoms with Gasteiger partial charge in [0.1, 0.15) is 0 Å². The van der Waals surface area contributed by atoms with E-state index in [1.807, 2.05) is 6.20 Å². The molecule has 0 unspecified atom stereocenters. The van der Waals surface area contributed by atoms with E-state index in [4.69, 9.17) is 0 Å². The lowest BCUT2D eigenvalue weighted by atomic mass is 9.95. The third kappa shape index (κ3) is 2.19. The molecule has 0 spiro atoms. The van der Waals surface area contributed by atoms with E-state index in [9.17, 15) is 0 Å². The van der Waals surface area contributed by atoms with Gasteiger partial charge in [-0.15, -0.1) is 0 Å². The van der Waals surface area contributed by atoms with Gasteiger partial charge in [-0.05, 0) is 25.8 Å². The highest BCUT2D eigenvalue weighted by molar-refractivity contribution is 6.02. The van der Waals surface area contributed by atoms with E-state index < -0.39 is 0 Å². The van der Waals surface area contributed by atoms with Crippen molar-refractivity contribution in [3.63, 3.8) is 0 Å². The molecule has 1 aliphatic heterocycles. The van der Waals surface area contributed by atoms with Gasteiger partial charge in [0, 0.05) is 17.3 Å². The van der Waals surface area contributed by atoms with Crippen molar-refractivity contribution in [3.05, 3.63) is 23.5 Å². The SMILES string of the molecule is CC1=NCc2ncc(NC3CCCCC3)cc21. The summed E-state index contributed by atoms with van der Waals surface area (Å²) < 4.78 is 0. The fourth-order valence-corrected chi connectivity index (χ4v) is 2.77. The third-order valence-electron chi connectivity index (χ3n) is 3.80. The third-order valence-corrected chi connectivity index (χ3v) is 3.80. The van der Waals surface area contributed by atoms with Gasteiger partial charge in [-0.2, -0.15) is 0 Å². The van der Waals surface area contributed by atoms with Crippen LogP contribution < -0.4 is 5.32 Å². The second-order valence-corrected chi connectivity index (χ2v) is 5.10. The molecule has 2 heterocycles. The number of rotatable bonds is 2. The van der Waals surface area contributed by atoms with Crippen LogP contribution >= 0.6 is 0 Å². The average molecular weight is 229 g/mol. The average Bonchev–Trinajstić information content (AvgIpc) is 2.73. The smallest absolute Gasteiger partial charge is 0.0821 e. The molecule has 3 heteroatoms. The molecule has 1 aromatic rings. The van der Waals surface area contributed by atoms with Crippen LogP contribution in [0.5, 0.6) is 0 Å². The summed E-state index contributed by atoms with van der Waals surface area (Å²) >= 11 is 0. The summed E-state index contributed by atoms with van der Waals surface area (Å²) in [5.74, 6) is 0. The van der Waals surface area contributed by atoms with Gasteiger partial charge in [-0.25, -0.2) is 0 Å². The second-order valence-electron chi connectivity index (χ2n) is 5.10. The molecule has 0 radical (unpaired) electrons. The van der Waals surface area contributed by atoms with E-state index >= 15 is 0 Å². The molecule has 3 rings (SSSR count). The molecule has 2 aliphatic rings. The van der Waals surface area contributed by atoms with Crippen molar-refractivity contribution < 1.29 is 0 Å². The standard InChI is InChI=1S/C14H19N3/c1-10-13-7-12(8-16-14(13)9-15-10)17-11-5-3-2-4-6-11/h7-8,11,17H,2-6,9H2,1H3. The molecule has 1 aliphatic carbocycles. The fraction of sp³-hybridized carbons (Fsp3) is 0.571. The maximum absolute atomic E-state index is 4.50. The molecule has 3 nitrogen and oxygen atoms in total. The lowest BCUT2D eigenvalue weighted by molar-refractivity contribution is 0.462. The van der Waals surface area contributed by atoms with Crippen molar-refractivity contribution >= 4 is 11.4 Å². The van der Waals surface area contributed by atoms with Gasteiger partial charge >= 0.3 is 0 Å². The fourth-order valence-electron chi connectivity index (χ4n) is 2.77. The molecule has 0 aromatic carbocycles. The Morgan fingerprint density at radius 1 is 1.24 bits per heavy atom. The second kappa shape index (κ2) is 4.47. The molecule has 0 atom stereocenters. The summed E-state index contributed by atoms with van der Waals surface area (Å²) in [6.45, 7) is 2.82. The number of pyridine rings is 1. The minimum Gasteiger partial charge on any atom is -0.381 e. The van der Waals surface area contributed by atoms with E-state index in [1.165, 1.54) is 37.7 Å². The summed E-state index contributed by atoms with van der Waals surface area (Å²) in [4.78, 5) is 8.92. The summed E-state index contributed by atoms with van der Waals surface area (Å²) in [5.41, 5.74) is 4.63. The van der Waals surface area contributed by atoms with Gasteiger partial charge in [0.05, 0.1) is 24.1 Å². The molecule has 0 bridgehead atoms. The van der Waals surface area contributed by atoms with Crippen molar-refractivity contribution in [1.29, 1.82) is 0 Å². The normalized spacial score (nSPS) is 19.9. The zero-order valence-electron chi connectivity index (χ0n) is 10.4. The quantitative estimate of drug-likeness (QED) is 0.845. The summed E-state index contributed by atoms with van der Waals surface area (Å²) in [7, 11) is 0. The predicted octanol–water partition coefficient (Wildman–Crippen LogP) is 3.15. The zero-order valence-corrected chi connectivity index (χ0v) is 10.4. The Balaban J connectivity index is 1.75. The number of hydrogen-bond donors (Lipinski definition) is 1. The van der Waals surface area contributed by atoms with Crippen molar-refractivity contribution in [2.75, 3.05) is 5.32 Å². The first kappa shape index (κ1) is 10.8. The van der Waals surface area contributed by atoms with Crippen molar-refractivity contribution in [2.45, 2.75) is 51.6 Å². The van der Waals surface area contributed by atoms with Gasteiger partial charge < -0.3 is 5.32 Å². The molecular formula is C14H19N3. The van der Waals surface area contributed by atoms with Crippen LogP contribution in [0.1, 0.15) is 50.3 Å². The highest BCUT2D eigenvalue weighted by Crippen LogP contribution is 2.24. The van der Waals surface area contributed by atoms with Gasteiger partial charge in [0.15, 0.2) is 0 Å². The van der Waals surface area contributed by atoms with Crippen LogP contribution in [0.4, 0.5) is 5.69 Å². The Morgan fingerprint density at radius 3 is 2.88 bits per heavy atom. The van der Waals surface area contributed by atoms with Crippen LogP contribution in [0.25, 0.3) is 0 Å². The van der Waals surface area contributed by atoms with E-state index in [0.717, 1.165) is 23.6 Å². The highest BCUT2D eigenvalue weighted by Gasteiger charge is 2.16. The van der Waals surface area contributed by atoms with Crippen LogP contribution in [0.2, 0.25) is 0 Å². The van der Waals surface area contributed by atoms with Gasteiger partial charge in [-0.1, -0.05) is 19.3 Å². The number of anilines is 1. The summed E-state index contributed by atoms with van der Waals surface area (Å²) in [6.07, 6.45) is 8.66. The van der Waals surface area contributed by atoms with E-state index in [0.29, 0.717) is 6.04 Å². The van der Waals surface area contributed by atoms with Gasteiger partial charge in [0.2, 0.25) is 0 Å². The lowest BCUT2D eigenvalue weighted by Crippen LogP contribution is -2.22. The Bertz CT molecular complexity index is 445. The van der Waals surface area contributed by atoms with E-state index in [1.54, 1.807) is 0 Å². The number of nitrogens with one attached hydrogen (secondary N) is 1. The summed E-state index contributed by atoms with van der Waals surface area (Å²) in [6, 6.07) is 2.85. The molecule has 90 valence electrons. The molecule has 0 saturated heterocycles. The summed E-state index contributed by atoms with van der Waals surface area (Å²) in [5, 5.41) is 3.61. The molecule has 17 heavy (non-hydrogen) atoms. The topological polar surface area (TPSA) is 37.3 Å². The molecule has 1 saturated carbocycles.